The van der Waals surface area contributed by atoms with Gasteiger partial charge in [-0.05, 0) is 31.2 Å². The summed E-state index contributed by atoms with van der Waals surface area (Å²) >= 11 is 0. The Bertz CT molecular complexity index is 621. The van der Waals surface area contributed by atoms with Gasteiger partial charge >= 0.3 is 5.97 Å². The number of aromatic carboxylic acids is 1. The summed E-state index contributed by atoms with van der Waals surface area (Å²) in [6.45, 7) is 2.15. The van der Waals surface area contributed by atoms with E-state index in [0.717, 1.165) is 19.0 Å². The van der Waals surface area contributed by atoms with Gasteiger partial charge in [0.25, 0.3) is 0 Å². The van der Waals surface area contributed by atoms with E-state index in [1.807, 2.05) is 0 Å². The molecule has 21 heavy (non-hydrogen) atoms. The number of ether oxygens (including phenoxy) is 1. The summed E-state index contributed by atoms with van der Waals surface area (Å²) in [5, 5.41) is 12.3. The number of hydrogen-bond acceptors (Lipinski definition) is 5. The van der Waals surface area contributed by atoms with Crippen molar-refractivity contribution in [2.75, 3.05) is 33.3 Å². The van der Waals surface area contributed by atoms with Gasteiger partial charge in [0.15, 0.2) is 0 Å². The zero-order chi connectivity index (χ0) is 15.5. The molecule has 1 aromatic carbocycles. The minimum atomic E-state index is -3.69. The van der Waals surface area contributed by atoms with Gasteiger partial charge in [0.05, 0.1) is 12.0 Å². The van der Waals surface area contributed by atoms with Crippen LogP contribution in [0.4, 0.5) is 0 Å². The molecular formula is C13H18N2O5S. The van der Waals surface area contributed by atoms with Crippen molar-refractivity contribution in [2.24, 2.45) is 0 Å². The maximum absolute atomic E-state index is 12.6. The lowest BCUT2D eigenvalue weighted by atomic mass is 10.2. The number of methoxy groups -OCH3 is 1. The molecule has 2 N–H and O–H groups in total. The Morgan fingerprint density at radius 2 is 2.10 bits per heavy atom. The predicted molar refractivity (Wildman–Crippen MR) is 76.2 cm³/mol. The number of hydrogen-bond donors (Lipinski definition) is 2. The van der Waals surface area contributed by atoms with E-state index in [2.05, 4.69) is 5.32 Å². The second kappa shape index (κ2) is 6.42. The number of benzene rings is 1. The van der Waals surface area contributed by atoms with Gasteiger partial charge in [0, 0.05) is 19.6 Å². The molecule has 8 heteroatoms. The highest BCUT2D eigenvalue weighted by atomic mass is 32.2. The van der Waals surface area contributed by atoms with Gasteiger partial charge < -0.3 is 15.2 Å². The molecule has 1 heterocycles. The van der Waals surface area contributed by atoms with E-state index in [1.54, 1.807) is 0 Å². The summed E-state index contributed by atoms with van der Waals surface area (Å²) in [7, 11) is -2.35. The highest BCUT2D eigenvalue weighted by Gasteiger charge is 2.26. The third kappa shape index (κ3) is 3.34. The second-order valence-corrected chi connectivity index (χ2v) is 6.61. The lowest BCUT2D eigenvalue weighted by Crippen LogP contribution is -2.34. The number of nitrogens with one attached hydrogen (secondary N) is 1. The van der Waals surface area contributed by atoms with Crippen LogP contribution in [0.1, 0.15) is 16.8 Å². The van der Waals surface area contributed by atoms with Crippen LogP contribution in [0, 0.1) is 0 Å². The van der Waals surface area contributed by atoms with Crippen LogP contribution in [-0.4, -0.2) is 57.1 Å². The van der Waals surface area contributed by atoms with Crippen LogP contribution in [-0.2, 0) is 10.0 Å². The van der Waals surface area contributed by atoms with Crippen molar-refractivity contribution in [3.63, 3.8) is 0 Å². The van der Waals surface area contributed by atoms with Crippen LogP contribution in [0.5, 0.6) is 5.75 Å². The molecule has 1 aromatic rings. The van der Waals surface area contributed by atoms with Crippen molar-refractivity contribution in [1.29, 1.82) is 0 Å². The first-order chi connectivity index (χ1) is 9.96. The van der Waals surface area contributed by atoms with Crippen LogP contribution < -0.4 is 10.1 Å². The molecule has 0 aromatic heterocycles. The Kier molecular flexibility index (Phi) is 4.81. The first-order valence-corrected chi connectivity index (χ1v) is 8.03. The van der Waals surface area contributed by atoms with E-state index in [4.69, 9.17) is 9.84 Å². The topological polar surface area (TPSA) is 95.9 Å². The van der Waals surface area contributed by atoms with Crippen molar-refractivity contribution in [2.45, 2.75) is 11.3 Å². The number of carboxylic acid groups (broad SMARTS) is 1. The molecule has 0 bridgehead atoms. The van der Waals surface area contributed by atoms with Gasteiger partial charge in [0.1, 0.15) is 11.3 Å². The van der Waals surface area contributed by atoms with Crippen LogP contribution in [0.3, 0.4) is 0 Å². The molecule has 1 fully saturated rings. The predicted octanol–water partition coefficient (Wildman–Crippen LogP) is 0.377. The maximum atomic E-state index is 12.6. The van der Waals surface area contributed by atoms with Crippen molar-refractivity contribution < 1.29 is 23.1 Å². The first-order valence-electron chi connectivity index (χ1n) is 6.59. The van der Waals surface area contributed by atoms with E-state index in [9.17, 15) is 13.2 Å². The normalized spacial score (nSPS) is 17.2. The zero-order valence-corrected chi connectivity index (χ0v) is 12.5. The molecule has 1 aliphatic rings. The molecule has 1 saturated heterocycles. The Labute approximate surface area is 123 Å². The second-order valence-electron chi connectivity index (χ2n) is 4.67. The molecule has 0 atom stereocenters. The van der Waals surface area contributed by atoms with Crippen molar-refractivity contribution in [3.8, 4) is 5.75 Å². The molecule has 7 nitrogen and oxygen atoms in total. The highest BCUT2D eigenvalue weighted by molar-refractivity contribution is 7.89. The van der Waals surface area contributed by atoms with Crippen molar-refractivity contribution in [3.05, 3.63) is 23.8 Å². The summed E-state index contributed by atoms with van der Waals surface area (Å²) in [5.74, 6) is -1.08. The minimum Gasteiger partial charge on any atom is -0.496 e. The zero-order valence-electron chi connectivity index (χ0n) is 11.7. The fourth-order valence-corrected chi connectivity index (χ4v) is 3.73. The molecule has 116 valence electrons. The fourth-order valence-electron chi connectivity index (χ4n) is 2.23. The van der Waals surface area contributed by atoms with Crippen LogP contribution >= 0.6 is 0 Å². The number of rotatable bonds is 4. The standard InChI is InChI=1S/C13H18N2O5S/c1-20-12-4-3-10(9-11(12)13(16)17)21(18,19)15-7-2-5-14-6-8-15/h3-4,9,14H,2,5-8H2,1H3,(H,16,17). The molecule has 2 rings (SSSR count). The minimum absolute atomic E-state index is 0.0254. The molecular weight excluding hydrogens is 296 g/mol. The van der Waals surface area contributed by atoms with E-state index in [0.29, 0.717) is 19.6 Å². The number of nitrogens with zero attached hydrogens (tertiary/aromatic N) is 1. The first kappa shape index (κ1) is 15.7. The summed E-state index contributed by atoms with van der Waals surface area (Å²) in [6.07, 6.45) is 0.723. The molecule has 0 amide bonds. The highest BCUT2D eigenvalue weighted by Crippen LogP contribution is 2.24. The number of sulfonamides is 1. The van der Waals surface area contributed by atoms with E-state index >= 15 is 0 Å². The quantitative estimate of drug-likeness (QED) is 0.834. The third-order valence-electron chi connectivity index (χ3n) is 3.34. The monoisotopic (exact) mass is 314 g/mol. The van der Waals surface area contributed by atoms with Crippen LogP contribution in [0.2, 0.25) is 0 Å². The lowest BCUT2D eigenvalue weighted by molar-refractivity contribution is 0.0693. The average Bonchev–Trinajstić information content (AvgIpc) is 2.76. The average molecular weight is 314 g/mol. The molecule has 0 spiro atoms. The largest absolute Gasteiger partial charge is 0.496 e. The Hall–Kier alpha value is -1.64. The number of carbonyl (C=O) groups is 1. The van der Waals surface area contributed by atoms with E-state index in [-0.39, 0.29) is 16.2 Å². The summed E-state index contributed by atoms with van der Waals surface area (Å²) < 4.78 is 31.5. The number of carboxylic acids is 1. The molecule has 0 saturated carbocycles. The maximum Gasteiger partial charge on any atom is 0.339 e. The van der Waals surface area contributed by atoms with Crippen molar-refractivity contribution in [1.82, 2.24) is 9.62 Å². The van der Waals surface area contributed by atoms with Gasteiger partial charge in [-0.15, -0.1) is 0 Å². The Morgan fingerprint density at radius 3 is 2.76 bits per heavy atom. The van der Waals surface area contributed by atoms with Gasteiger partial charge in [-0.1, -0.05) is 0 Å². The van der Waals surface area contributed by atoms with E-state index in [1.165, 1.54) is 23.5 Å². The fraction of sp³-hybridized carbons (Fsp3) is 0.462. The van der Waals surface area contributed by atoms with Gasteiger partial charge in [-0.2, -0.15) is 4.31 Å². The van der Waals surface area contributed by atoms with Gasteiger partial charge in [0.2, 0.25) is 10.0 Å². The third-order valence-corrected chi connectivity index (χ3v) is 5.23. The smallest absolute Gasteiger partial charge is 0.339 e. The summed E-state index contributed by atoms with van der Waals surface area (Å²) in [6, 6.07) is 3.89. The Morgan fingerprint density at radius 1 is 1.33 bits per heavy atom. The molecule has 0 unspecified atom stereocenters. The van der Waals surface area contributed by atoms with Gasteiger partial charge in [-0.25, -0.2) is 13.2 Å². The summed E-state index contributed by atoms with van der Waals surface area (Å²) in [4.78, 5) is 11.2. The van der Waals surface area contributed by atoms with E-state index < -0.39 is 16.0 Å². The summed E-state index contributed by atoms with van der Waals surface area (Å²) in [5.41, 5.74) is -0.161. The van der Waals surface area contributed by atoms with Gasteiger partial charge in [-0.3, -0.25) is 0 Å². The lowest BCUT2D eigenvalue weighted by Gasteiger charge is -2.20. The molecule has 0 aliphatic carbocycles. The van der Waals surface area contributed by atoms with Crippen LogP contribution in [0.25, 0.3) is 0 Å². The van der Waals surface area contributed by atoms with Crippen molar-refractivity contribution >= 4 is 16.0 Å². The molecule has 0 radical (unpaired) electrons. The SMILES string of the molecule is COc1ccc(S(=O)(=O)N2CCCNCC2)cc1C(=O)O. The molecule has 1 aliphatic heterocycles. The Balaban J connectivity index is 2.39. The van der Waals surface area contributed by atoms with Crippen LogP contribution in [0.15, 0.2) is 23.1 Å².